The molecule has 30 heavy (non-hydrogen) atoms. The molecule has 4 rings (SSSR count). The van der Waals surface area contributed by atoms with E-state index in [0.717, 1.165) is 65.3 Å². The summed E-state index contributed by atoms with van der Waals surface area (Å²) in [7, 11) is 1.66. The topological polar surface area (TPSA) is 70.6 Å². The van der Waals surface area contributed by atoms with Crippen LogP contribution in [0.2, 0.25) is 0 Å². The number of hydrogen-bond donors (Lipinski definition) is 2. The summed E-state index contributed by atoms with van der Waals surface area (Å²) in [4.78, 5) is 10.5. The second kappa shape index (κ2) is 9.06. The third-order valence-electron chi connectivity index (χ3n) is 5.68. The van der Waals surface area contributed by atoms with Crippen molar-refractivity contribution in [3.05, 3.63) is 42.2 Å². The molecule has 6 heteroatoms. The summed E-state index contributed by atoms with van der Waals surface area (Å²) >= 11 is 0. The summed E-state index contributed by atoms with van der Waals surface area (Å²) in [6.07, 6.45) is 4.11. The van der Waals surface area contributed by atoms with E-state index in [1.54, 1.807) is 7.11 Å². The van der Waals surface area contributed by atoms with Gasteiger partial charge in [-0.05, 0) is 55.6 Å². The van der Waals surface area contributed by atoms with E-state index in [0.29, 0.717) is 12.5 Å². The van der Waals surface area contributed by atoms with Gasteiger partial charge in [0, 0.05) is 29.2 Å². The molecular formula is C24H31N3O3. The van der Waals surface area contributed by atoms with Crippen LogP contribution in [0.15, 0.2) is 36.5 Å². The second-order valence-corrected chi connectivity index (χ2v) is 8.47. The molecule has 6 nitrogen and oxygen atoms in total. The Bertz CT molecular complexity index is 999. The van der Waals surface area contributed by atoms with Gasteiger partial charge in [0.15, 0.2) is 11.5 Å². The molecule has 1 fully saturated rings. The smallest absolute Gasteiger partial charge is 0.161 e. The summed E-state index contributed by atoms with van der Waals surface area (Å²) in [5.74, 6) is 1.91. The molecule has 2 aromatic heterocycles. The molecule has 0 bridgehead atoms. The molecule has 1 aliphatic rings. The van der Waals surface area contributed by atoms with Crippen LogP contribution < -0.4 is 9.47 Å². The fourth-order valence-corrected chi connectivity index (χ4v) is 4.07. The van der Waals surface area contributed by atoms with E-state index < -0.39 is 0 Å². The molecule has 1 atom stereocenters. The predicted octanol–water partition coefficient (Wildman–Crippen LogP) is 4.23. The Balaban J connectivity index is 1.58. The summed E-state index contributed by atoms with van der Waals surface area (Å²) in [6.45, 7) is 6.98. The average Bonchev–Trinajstić information content (AvgIpc) is 3.37. The number of fused-ring (bicyclic) bond motifs is 1. The lowest BCUT2D eigenvalue weighted by molar-refractivity contribution is 0.152. The Labute approximate surface area is 177 Å². The number of hydrogen-bond acceptors (Lipinski definition) is 5. The summed E-state index contributed by atoms with van der Waals surface area (Å²) < 4.78 is 11.4. The Morgan fingerprint density at radius 3 is 2.87 bits per heavy atom. The standard InChI is InChI=1S/C24H31N3O3/c1-16(2)15-30-24-11-17(6-7-23(24)29-3)21-10-18-9-19(26-22(18)12-25-21)13-27-8-4-5-20(27)14-28/h6-7,9-12,16,20,26,28H,4-5,8,13-15H2,1-3H3. The van der Waals surface area contributed by atoms with Gasteiger partial charge in [-0.2, -0.15) is 0 Å². The Morgan fingerprint density at radius 2 is 2.10 bits per heavy atom. The highest BCUT2D eigenvalue weighted by Gasteiger charge is 2.24. The Morgan fingerprint density at radius 1 is 1.23 bits per heavy atom. The number of H-pyrrole nitrogens is 1. The Kier molecular flexibility index (Phi) is 6.25. The quantitative estimate of drug-likeness (QED) is 0.583. The van der Waals surface area contributed by atoms with Crippen LogP contribution >= 0.6 is 0 Å². The first-order valence-corrected chi connectivity index (χ1v) is 10.7. The third-order valence-corrected chi connectivity index (χ3v) is 5.68. The van der Waals surface area contributed by atoms with Gasteiger partial charge in [0.05, 0.1) is 37.7 Å². The number of aromatic amines is 1. The van der Waals surface area contributed by atoms with Crippen molar-refractivity contribution in [3.8, 4) is 22.8 Å². The van der Waals surface area contributed by atoms with E-state index in [9.17, 15) is 5.11 Å². The van der Waals surface area contributed by atoms with Crippen molar-refractivity contribution in [3.63, 3.8) is 0 Å². The van der Waals surface area contributed by atoms with Crippen LogP contribution in [0.3, 0.4) is 0 Å². The van der Waals surface area contributed by atoms with Gasteiger partial charge in [-0.25, -0.2) is 0 Å². The molecule has 3 heterocycles. The number of likely N-dealkylation sites (tertiary alicyclic amines) is 1. The van der Waals surface area contributed by atoms with Gasteiger partial charge >= 0.3 is 0 Å². The number of pyridine rings is 1. The van der Waals surface area contributed by atoms with Crippen molar-refractivity contribution >= 4 is 10.9 Å². The minimum absolute atomic E-state index is 0.227. The monoisotopic (exact) mass is 409 g/mol. The van der Waals surface area contributed by atoms with E-state index >= 15 is 0 Å². The number of rotatable bonds is 8. The highest BCUT2D eigenvalue weighted by molar-refractivity contribution is 5.84. The van der Waals surface area contributed by atoms with E-state index in [1.165, 1.54) is 0 Å². The van der Waals surface area contributed by atoms with E-state index in [2.05, 4.69) is 40.8 Å². The zero-order valence-corrected chi connectivity index (χ0v) is 18.0. The van der Waals surface area contributed by atoms with Crippen LogP contribution in [0.4, 0.5) is 0 Å². The molecule has 2 N–H and O–H groups in total. The van der Waals surface area contributed by atoms with Gasteiger partial charge < -0.3 is 19.6 Å². The van der Waals surface area contributed by atoms with Gasteiger partial charge in [-0.1, -0.05) is 13.8 Å². The predicted molar refractivity (Wildman–Crippen MR) is 119 cm³/mol. The Hall–Kier alpha value is -2.57. The number of methoxy groups -OCH3 is 1. The molecular weight excluding hydrogens is 378 g/mol. The first-order chi connectivity index (χ1) is 14.6. The molecule has 1 aliphatic heterocycles. The van der Waals surface area contributed by atoms with Gasteiger partial charge in [-0.15, -0.1) is 0 Å². The van der Waals surface area contributed by atoms with Crippen LogP contribution in [0, 0.1) is 5.92 Å². The molecule has 3 aromatic rings. The maximum Gasteiger partial charge on any atom is 0.161 e. The maximum absolute atomic E-state index is 9.56. The van der Waals surface area contributed by atoms with Crippen LogP contribution in [-0.4, -0.2) is 52.9 Å². The number of aliphatic hydroxyl groups excluding tert-OH is 1. The van der Waals surface area contributed by atoms with Crippen LogP contribution in [0.5, 0.6) is 11.5 Å². The lowest BCUT2D eigenvalue weighted by atomic mass is 10.1. The van der Waals surface area contributed by atoms with Crippen LogP contribution in [-0.2, 0) is 6.54 Å². The molecule has 0 radical (unpaired) electrons. The lowest BCUT2D eigenvalue weighted by Gasteiger charge is -2.21. The summed E-state index contributed by atoms with van der Waals surface area (Å²) in [5, 5.41) is 10.7. The maximum atomic E-state index is 9.56. The molecule has 0 amide bonds. The summed E-state index contributed by atoms with van der Waals surface area (Å²) in [6, 6.07) is 10.5. The normalized spacial score (nSPS) is 17.2. The third kappa shape index (κ3) is 4.45. The number of benzene rings is 1. The number of aromatic nitrogens is 2. The van der Waals surface area contributed by atoms with E-state index in [4.69, 9.17) is 9.47 Å². The molecule has 1 aromatic carbocycles. The van der Waals surface area contributed by atoms with Gasteiger partial charge in [-0.3, -0.25) is 9.88 Å². The highest BCUT2D eigenvalue weighted by atomic mass is 16.5. The van der Waals surface area contributed by atoms with Crippen LogP contribution in [0.25, 0.3) is 22.2 Å². The summed E-state index contributed by atoms with van der Waals surface area (Å²) in [5.41, 5.74) is 4.08. The van der Waals surface area contributed by atoms with Crippen molar-refractivity contribution in [1.29, 1.82) is 0 Å². The molecule has 0 aliphatic carbocycles. The molecule has 0 saturated carbocycles. The van der Waals surface area contributed by atoms with Crippen LogP contribution in [0.1, 0.15) is 32.4 Å². The fraction of sp³-hybridized carbons (Fsp3) is 0.458. The van der Waals surface area contributed by atoms with Gasteiger partial charge in [0.1, 0.15) is 0 Å². The first kappa shape index (κ1) is 20.7. The fourth-order valence-electron chi connectivity index (χ4n) is 4.07. The molecule has 1 saturated heterocycles. The van der Waals surface area contributed by atoms with Gasteiger partial charge in [0.25, 0.3) is 0 Å². The molecule has 160 valence electrons. The number of nitrogens with zero attached hydrogens (tertiary/aromatic N) is 2. The minimum Gasteiger partial charge on any atom is -0.493 e. The molecule has 1 unspecified atom stereocenters. The van der Waals surface area contributed by atoms with E-state index in [1.807, 2.05) is 24.4 Å². The van der Waals surface area contributed by atoms with Crippen molar-refractivity contribution in [1.82, 2.24) is 14.9 Å². The minimum atomic E-state index is 0.227. The zero-order chi connectivity index (χ0) is 21.1. The lowest BCUT2D eigenvalue weighted by Crippen LogP contribution is -2.31. The molecule has 0 spiro atoms. The largest absolute Gasteiger partial charge is 0.493 e. The first-order valence-electron chi connectivity index (χ1n) is 10.7. The highest BCUT2D eigenvalue weighted by Crippen LogP contribution is 2.33. The average molecular weight is 410 g/mol. The number of ether oxygens (including phenoxy) is 2. The SMILES string of the molecule is COc1ccc(-c2cc3cc(CN4CCCC4CO)[nH]c3cn2)cc1OCC(C)C. The van der Waals surface area contributed by atoms with Crippen molar-refractivity contribution in [2.24, 2.45) is 5.92 Å². The second-order valence-electron chi connectivity index (χ2n) is 8.47. The van der Waals surface area contributed by atoms with Gasteiger partial charge in [0.2, 0.25) is 0 Å². The number of nitrogens with one attached hydrogen (secondary N) is 1. The number of aliphatic hydroxyl groups is 1. The van der Waals surface area contributed by atoms with Crippen molar-refractivity contribution < 1.29 is 14.6 Å². The van der Waals surface area contributed by atoms with E-state index in [-0.39, 0.29) is 12.6 Å². The zero-order valence-electron chi connectivity index (χ0n) is 18.0. The van der Waals surface area contributed by atoms with Crippen molar-refractivity contribution in [2.45, 2.75) is 39.3 Å². The van der Waals surface area contributed by atoms with Crippen molar-refractivity contribution in [2.75, 3.05) is 26.9 Å².